The highest BCUT2D eigenvalue weighted by Gasteiger charge is 2.21. The molecule has 7 nitrogen and oxygen atoms in total. The second kappa shape index (κ2) is 6.77. The number of carbonyl (C=O) groups is 1. The molecule has 3 aromatic rings. The van der Waals surface area contributed by atoms with Gasteiger partial charge in [-0.1, -0.05) is 24.3 Å². The van der Waals surface area contributed by atoms with Crippen LogP contribution in [0.3, 0.4) is 0 Å². The van der Waals surface area contributed by atoms with E-state index < -0.39 is 15.7 Å². The number of anilines is 1. The molecule has 0 unspecified atom stereocenters. The van der Waals surface area contributed by atoms with Crippen molar-refractivity contribution in [3.8, 4) is 0 Å². The number of thiazole rings is 1. The van der Waals surface area contributed by atoms with E-state index in [2.05, 4.69) is 36.2 Å². The van der Waals surface area contributed by atoms with E-state index in [1.807, 2.05) is 25.1 Å². The average molecular weight is 441 g/mol. The number of carbonyl (C=O) groups excluding carboxylic acids is 1. The molecule has 2 heterocycles. The first-order chi connectivity index (χ1) is 11.8. The van der Waals surface area contributed by atoms with E-state index in [1.54, 1.807) is 0 Å². The first-order valence-electron chi connectivity index (χ1n) is 7.24. The number of nitrogens with zero attached hydrogens (tertiary/aromatic N) is 3. The van der Waals surface area contributed by atoms with E-state index in [0.717, 1.165) is 15.8 Å². The quantitative estimate of drug-likeness (QED) is 0.624. The first-order valence-corrected chi connectivity index (χ1v) is 10.5. The molecule has 0 radical (unpaired) electrons. The van der Waals surface area contributed by atoms with Crippen LogP contribution in [-0.2, 0) is 9.84 Å². The van der Waals surface area contributed by atoms with Gasteiger partial charge in [-0.15, -0.1) is 0 Å². The van der Waals surface area contributed by atoms with Crippen molar-refractivity contribution in [3.05, 3.63) is 40.1 Å². The SMILES string of the molecule is CCS(=O)(=O)c1ncc(Br)c(C(=O)Nc2nc3ccc(C)cc3s2)n1. The number of hydrogen-bond donors (Lipinski definition) is 1. The molecule has 0 saturated carbocycles. The molecule has 0 bridgehead atoms. The summed E-state index contributed by atoms with van der Waals surface area (Å²) in [7, 11) is -3.61. The Morgan fingerprint density at radius 1 is 1.32 bits per heavy atom. The van der Waals surface area contributed by atoms with Gasteiger partial charge in [0.15, 0.2) is 5.13 Å². The van der Waals surface area contributed by atoms with Gasteiger partial charge < -0.3 is 0 Å². The van der Waals surface area contributed by atoms with Gasteiger partial charge in [0.25, 0.3) is 5.91 Å². The Hall–Kier alpha value is -1.91. The molecule has 0 aliphatic rings. The van der Waals surface area contributed by atoms with Crippen molar-refractivity contribution in [1.29, 1.82) is 0 Å². The lowest BCUT2D eigenvalue weighted by molar-refractivity contribution is 0.102. The number of hydrogen-bond acceptors (Lipinski definition) is 7. The number of amides is 1. The van der Waals surface area contributed by atoms with Crippen LogP contribution >= 0.6 is 27.3 Å². The summed E-state index contributed by atoms with van der Waals surface area (Å²) >= 11 is 4.51. The summed E-state index contributed by atoms with van der Waals surface area (Å²) in [4.78, 5) is 24.5. The number of fused-ring (bicyclic) bond motifs is 1. The molecule has 0 fully saturated rings. The van der Waals surface area contributed by atoms with Crippen molar-refractivity contribution >= 4 is 58.4 Å². The summed E-state index contributed by atoms with van der Waals surface area (Å²) in [6, 6.07) is 5.80. The Kier molecular flexibility index (Phi) is 4.85. The molecule has 2 aromatic heterocycles. The molecular weight excluding hydrogens is 428 g/mol. The molecule has 1 amide bonds. The van der Waals surface area contributed by atoms with E-state index in [4.69, 9.17) is 0 Å². The predicted molar refractivity (Wildman–Crippen MR) is 99.8 cm³/mol. The molecule has 0 aliphatic carbocycles. The Balaban J connectivity index is 1.93. The Labute approximate surface area is 156 Å². The summed E-state index contributed by atoms with van der Waals surface area (Å²) in [5.41, 5.74) is 1.82. The van der Waals surface area contributed by atoms with Crippen LogP contribution in [0.4, 0.5) is 5.13 Å². The van der Waals surface area contributed by atoms with Gasteiger partial charge in [-0.25, -0.2) is 23.4 Å². The smallest absolute Gasteiger partial charge is 0.277 e. The highest BCUT2D eigenvalue weighted by Crippen LogP contribution is 2.27. The van der Waals surface area contributed by atoms with Crippen molar-refractivity contribution in [3.63, 3.8) is 0 Å². The largest absolute Gasteiger partial charge is 0.296 e. The zero-order valence-corrected chi connectivity index (χ0v) is 16.5. The van der Waals surface area contributed by atoms with Crippen molar-refractivity contribution in [2.45, 2.75) is 19.0 Å². The van der Waals surface area contributed by atoms with E-state index in [1.165, 1.54) is 24.5 Å². The molecule has 1 N–H and O–H groups in total. The van der Waals surface area contributed by atoms with Gasteiger partial charge in [0.1, 0.15) is 5.69 Å². The van der Waals surface area contributed by atoms with Crippen LogP contribution in [0, 0.1) is 6.92 Å². The van der Waals surface area contributed by atoms with E-state index in [9.17, 15) is 13.2 Å². The fraction of sp³-hybridized carbons (Fsp3) is 0.200. The van der Waals surface area contributed by atoms with Gasteiger partial charge >= 0.3 is 0 Å². The summed E-state index contributed by atoms with van der Waals surface area (Å²) in [6.45, 7) is 3.47. The molecule has 0 aliphatic heterocycles. The van der Waals surface area contributed by atoms with Gasteiger partial charge in [-0.2, -0.15) is 0 Å². The number of aromatic nitrogens is 3. The maximum absolute atomic E-state index is 12.5. The number of aryl methyl sites for hydroxylation is 1. The molecule has 0 spiro atoms. The summed E-state index contributed by atoms with van der Waals surface area (Å²) in [5.74, 6) is -0.704. The van der Waals surface area contributed by atoms with Crippen LogP contribution in [-0.4, -0.2) is 35.0 Å². The van der Waals surface area contributed by atoms with Gasteiger partial charge in [-0.05, 0) is 40.5 Å². The molecular formula is C15H13BrN4O3S2. The van der Waals surface area contributed by atoms with Crippen LogP contribution in [0.1, 0.15) is 23.0 Å². The minimum absolute atomic E-state index is 0.0579. The second-order valence-corrected chi connectivity index (χ2v) is 9.25. The summed E-state index contributed by atoms with van der Waals surface area (Å²) in [5, 5.41) is 2.70. The minimum atomic E-state index is -3.61. The first kappa shape index (κ1) is 17.9. The summed E-state index contributed by atoms with van der Waals surface area (Å²) in [6.07, 6.45) is 1.26. The lowest BCUT2D eigenvalue weighted by atomic mass is 10.2. The zero-order chi connectivity index (χ0) is 18.2. The maximum Gasteiger partial charge on any atom is 0.277 e. The topological polar surface area (TPSA) is 102 Å². The second-order valence-electron chi connectivity index (χ2n) is 5.20. The maximum atomic E-state index is 12.5. The third-order valence-corrected chi connectivity index (χ3v) is 6.39. The highest BCUT2D eigenvalue weighted by atomic mass is 79.9. The number of sulfone groups is 1. The summed E-state index contributed by atoms with van der Waals surface area (Å²) < 4.78 is 25.1. The van der Waals surface area contributed by atoms with E-state index >= 15 is 0 Å². The van der Waals surface area contributed by atoms with Gasteiger partial charge in [0.05, 0.1) is 20.4 Å². The Bertz CT molecular complexity index is 1080. The number of halogens is 1. The van der Waals surface area contributed by atoms with Crippen LogP contribution in [0.5, 0.6) is 0 Å². The molecule has 3 rings (SSSR count). The van der Waals surface area contributed by atoms with Crippen molar-refractivity contribution in [2.75, 3.05) is 11.1 Å². The van der Waals surface area contributed by atoms with E-state index in [-0.39, 0.29) is 16.6 Å². The highest BCUT2D eigenvalue weighted by molar-refractivity contribution is 9.10. The van der Waals surface area contributed by atoms with Crippen molar-refractivity contribution in [2.24, 2.45) is 0 Å². The normalized spacial score (nSPS) is 11.6. The fourth-order valence-corrected chi connectivity index (χ4v) is 4.06. The van der Waals surface area contributed by atoms with Crippen LogP contribution in [0.25, 0.3) is 10.2 Å². The molecule has 25 heavy (non-hydrogen) atoms. The Morgan fingerprint density at radius 3 is 2.80 bits per heavy atom. The van der Waals surface area contributed by atoms with Crippen LogP contribution in [0.2, 0.25) is 0 Å². The Morgan fingerprint density at radius 2 is 2.08 bits per heavy atom. The number of rotatable bonds is 4. The van der Waals surface area contributed by atoms with Crippen LogP contribution in [0.15, 0.2) is 34.0 Å². The third kappa shape index (κ3) is 3.70. The van der Waals surface area contributed by atoms with Crippen molar-refractivity contribution in [1.82, 2.24) is 15.0 Å². The molecule has 0 atom stereocenters. The van der Waals surface area contributed by atoms with Crippen molar-refractivity contribution < 1.29 is 13.2 Å². The zero-order valence-electron chi connectivity index (χ0n) is 13.3. The van der Waals surface area contributed by atoms with Crippen LogP contribution < -0.4 is 5.32 Å². The monoisotopic (exact) mass is 440 g/mol. The average Bonchev–Trinajstić information content (AvgIpc) is 2.96. The van der Waals surface area contributed by atoms with Gasteiger partial charge in [0.2, 0.25) is 15.0 Å². The number of benzene rings is 1. The number of nitrogens with one attached hydrogen (secondary N) is 1. The fourth-order valence-electron chi connectivity index (χ4n) is 2.03. The predicted octanol–water partition coefficient (Wildman–Crippen LogP) is 3.20. The van der Waals surface area contributed by atoms with E-state index in [0.29, 0.717) is 9.60 Å². The molecule has 1 aromatic carbocycles. The van der Waals surface area contributed by atoms with Gasteiger partial charge in [-0.3, -0.25) is 10.1 Å². The van der Waals surface area contributed by atoms with Gasteiger partial charge in [0, 0.05) is 6.20 Å². The molecule has 10 heteroatoms. The minimum Gasteiger partial charge on any atom is -0.296 e. The third-order valence-electron chi connectivity index (χ3n) is 3.36. The molecule has 0 saturated heterocycles. The standard InChI is InChI=1S/C15H13BrN4O3S2/c1-3-25(22,23)15-17-7-9(16)12(19-15)13(21)20-14-18-10-5-4-8(2)6-11(10)24-14/h4-7H,3H2,1-2H3,(H,18,20,21). The molecule has 130 valence electrons. The lowest BCUT2D eigenvalue weighted by Crippen LogP contribution is -2.18. The lowest BCUT2D eigenvalue weighted by Gasteiger charge is -2.05.